The molecule has 2 nitrogen and oxygen atoms in total. The van der Waals surface area contributed by atoms with Crippen LogP contribution in [0.2, 0.25) is 0 Å². The van der Waals surface area contributed by atoms with Crippen LogP contribution >= 0.6 is 0 Å². The number of benzene rings is 2. The maximum atomic E-state index is 11.7. The van der Waals surface area contributed by atoms with E-state index in [2.05, 4.69) is 0 Å². The SMILES string of the molecule is [Br-].[Mg+2].[O-]C(Oc1ccccc1)c1ccccc1. The van der Waals surface area contributed by atoms with Gasteiger partial charge in [0.1, 0.15) is 5.75 Å². The summed E-state index contributed by atoms with van der Waals surface area (Å²) in [5.41, 5.74) is 0.640. The summed E-state index contributed by atoms with van der Waals surface area (Å²) in [4.78, 5) is 0. The van der Waals surface area contributed by atoms with Crippen LogP contribution in [-0.4, -0.2) is 23.1 Å². The predicted octanol–water partition coefficient (Wildman–Crippen LogP) is -1.25. The van der Waals surface area contributed by atoms with Gasteiger partial charge in [0.15, 0.2) is 0 Å². The van der Waals surface area contributed by atoms with Gasteiger partial charge in [-0.2, -0.15) is 0 Å². The van der Waals surface area contributed by atoms with Crippen molar-refractivity contribution in [2.24, 2.45) is 0 Å². The van der Waals surface area contributed by atoms with E-state index in [1.165, 1.54) is 0 Å². The molecule has 0 heterocycles. The zero-order valence-corrected chi connectivity index (χ0v) is 12.3. The molecule has 2 aromatic rings. The van der Waals surface area contributed by atoms with Gasteiger partial charge in [-0.3, -0.25) is 0 Å². The van der Waals surface area contributed by atoms with E-state index in [-0.39, 0.29) is 40.0 Å². The molecule has 2 rings (SSSR count). The third-order valence-corrected chi connectivity index (χ3v) is 2.06. The van der Waals surface area contributed by atoms with Crippen LogP contribution in [0.3, 0.4) is 0 Å². The number of rotatable bonds is 3. The van der Waals surface area contributed by atoms with Gasteiger partial charge < -0.3 is 26.8 Å². The van der Waals surface area contributed by atoms with E-state index in [4.69, 9.17) is 4.74 Å². The molecule has 0 fully saturated rings. The van der Waals surface area contributed by atoms with Crippen molar-refractivity contribution in [1.82, 2.24) is 0 Å². The van der Waals surface area contributed by atoms with Gasteiger partial charge in [0.2, 0.25) is 0 Å². The Bertz CT molecular complexity index is 408. The first kappa shape index (κ1) is 16.4. The van der Waals surface area contributed by atoms with E-state index < -0.39 is 6.29 Å². The number of ether oxygens (including phenoxy) is 1. The molecule has 0 radical (unpaired) electrons. The van der Waals surface area contributed by atoms with Gasteiger partial charge in [0, 0.05) is 0 Å². The molecule has 2 aromatic carbocycles. The van der Waals surface area contributed by atoms with Gasteiger partial charge >= 0.3 is 23.1 Å². The molecule has 0 spiro atoms. The second kappa shape index (κ2) is 8.52. The Morgan fingerprint density at radius 3 is 1.82 bits per heavy atom. The minimum Gasteiger partial charge on any atom is -1.00 e. The maximum Gasteiger partial charge on any atom is 2.00 e. The average Bonchev–Trinajstić information content (AvgIpc) is 2.31. The number of para-hydroxylation sites is 1. The first-order valence-corrected chi connectivity index (χ1v) is 4.79. The van der Waals surface area contributed by atoms with Gasteiger partial charge in [0.05, 0.1) is 6.29 Å². The molecule has 1 atom stereocenters. The zero-order valence-electron chi connectivity index (χ0n) is 9.25. The Kier molecular flexibility index (Phi) is 8.25. The van der Waals surface area contributed by atoms with E-state index in [1.807, 2.05) is 36.4 Å². The van der Waals surface area contributed by atoms with Crippen molar-refractivity contribution in [3.8, 4) is 5.75 Å². The molecule has 0 bridgehead atoms. The summed E-state index contributed by atoms with van der Waals surface area (Å²) in [7, 11) is 0. The summed E-state index contributed by atoms with van der Waals surface area (Å²) in [6.45, 7) is 0. The minimum absolute atomic E-state index is 0. The summed E-state index contributed by atoms with van der Waals surface area (Å²) in [6.07, 6.45) is -1.16. The number of hydrogen-bond donors (Lipinski definition) is 0. The van der Waals surface area contributed by atoms with Gasteiger partial charge in [-0.25, -0.2) is 0 Å². The largest absolute Gasteiger partial charge is 2.00 e. The normalized spacial score (nSPS) is 10.6. The molecule has 0 saturated carbocycles. The Morgan fingerprint density at radius 1 is 0.824 bits per heavy atom. The molecule has 0 N–H and O–H groups in total. The third-order valence-electron chi connectivity index (χ3n) is 2.06. The summed E-state index contributed by atoms with van der Waals surface area (Å²) >= 11 is 0. The van der Waals surface area contributed by atoms with Crippen LogP contribution in [0.1, 0.15) is 11.9 Å². The van der Waals surface area contributed by atoms with E-state index in [0.29, 0.717) is 11.3 Å². The van der Waals surface area contributed by atoms with Crippen molar-refractivity contribution >= 4 is 23.1 Å². The van der Waals surface area contributed by atoms with E-state index in [1.54, 1.807) is 24.3 Å². The van der Waals surface area contributed by atoms with Crippen molar-refractivity contribution < 1.29 is 26.8 Å². The first-order chi connectivity index (χ1) is 7.36. The van der Waals surface area contributed by atoms with Gasteiger partial charge in [-0.15, -0.1) is 0 Å². The zero-order chi connectivity index (χ0) is 10.5. The summed E-state index contributed by atoms with van der Waals surface area (Å²) < 4.78 is 5.24. The predicted molar refractivity (Wildman–Crippen MR) is 62.0 cm³/mol. The molecule has 0 aliphatic rings. The quantitative estimate of drug-likeness (QED) is 0.524. The van der Waals surface area contributed by atoms with Gasteiger partial charge in [0.25, 0.3) is 0 Å². The fraction of sp³-hybridized carbons (Fsp3) is 0.0769. The van der Waals surface area contributed by atoms with Crippen molar-refractivity contribution in [2.45, 2.75) is 6.29 Å². The van der Waals surface area contributed by atoms with Crippen LogP contribution in [0.15, 0.2) is 60.7 Å². The third kappa shape index (κ3) is 5.08. The number of hydrogen-bond acceptors (Lipinski definition) is 2. The van der Waals surface area contributed by atoms with Crippen molar-refractivity contribution in [1.29, 1.82) is 0 Å². The van der Waals surface area contributed by atoms with Crippen LogP contribution in [0, 0.1) is 0 Å². The Hall–Kier alpha value is -0.554. The summed E-state index contributed by atoms with van der Waals surface area (Å²) in [6, 6.07) is 18.2. The fourth-order valence-corrected chi connectivity index (χ4v) is 1.30. The van der Waals surface area contributed by atoms with E-state index in [0.717, 1.165) is 0 Å². The molecule has 0 saturated heterocycles. The Balaban J connectivity index is 0.00000128. The fourth-order valence-electron chi connectivity index (χ4n) is 1.30. The number of halogens is 1. The maximum absolute atomic E-state index is 11.7. The minimum atomic E-state index is -1.16. The Morgan fingerprint density at radius 2 is 1.29 bits per heavy atom. The standard InChI is InChI=1S/C13H11O2.BrH.Mg/c14-13(11-7-3-1-4-8-11)15-12-9-5-2-6-10-12;;/h1-10,13H;1H;/q-1;;+2/p-1. The van der Waals surface area contributed by atoms with Crippen LogP contribution in [0.25, 0.3) is 0 Å². The molecule has 0 aliphatic heterocycles. The van der Waals surface area contributed by atoms with Crippen LogP contribution in [-0.2, 0) is 0 Å². The topological polar surface area (TPSA) is 32.3 Å². The van der Waals surface area contributed by atoms with E-state index >= 15 is 0 Å². The Labute approximate surface area is 128 Å². The van der Waals surface area contributed by atoms with Crippen LogP contribution in [0.4, 0.5) is 0 Å². The second-order valence-electron chi connectivity index (χ2n) is 3.17. The molecule has 0 aliphatic carbocycles. The van der Waals surface area contributed by atoms with Crippen molar-refractivity contribution in [3.05, 3.63) is 66.2 Å². The molecule has 0 aromatic heterocycles. The van der Waals surface area contributed by atoms with Crippen molar-refractivity contribution in [2.75, 3.05) is 0 Å². The molecular formula is C13H11BrMgO2. The van der Waals surface area contributed by atoms with Gasteiger partial charge in [-0.1, -0.05) is 48.5 Å². The van der Waals surface area contributed by atoms with E-state index in [9.17, 15) is 5.11 Å². The molecule has 17 heavy (non-hydrogen) atoms. The molecule has 1 unspecified atom stereocenters. The molecule has 4 heteroatoms. The molecule has 0 amide bonds. The van der Waals surface area contributed by atoms with Crippen LogP contribution in [0.5, 0.6) is 5.75 Å². The van der Waals surface area contributed by atoms with Crippen molar-refractivity contribution in [3.63, 3.8) is 0 Å². The first-order valence-electron chi connectivity index (χ1n) is 4.79. The summed E-state index contributed by atoms with van der Waals surface area (Å²) in [5.74, 6) is 0.598. The van der Waals surface area contributed by atoms with Gasteiger partial charge in [-0.05, 0) is 17.7 Å². The molecular weight excluding hydrogens is 292 g/mol. The molecule has 84 valence electrons. The second-order valence-corrected chi connectivity index (χ2v) is 3.17. The average molecular weight is 303 g/mol. The smallest absolute Gasteiger partial charge is 1.00 e. The monoisotopic (exact) mass is 302 g/mol. The summed E-state index contributed by atoms with van der Waals surface area (Å²) in [5, 5.41) is 11.7. The van der Waals surface area contributed by atoms with Crippen LogP contribution < -0.4 is 26.8 Å².